The van der Waals surface area contributed by atoms with Crippen LogP contribution in [-0.2, 0) is 0 Å². The molecule has 4 heteroatoms. The summed E-state index contributed by atoms with van der Waals surface area (Å²) in [4.78, 5) is 10.8. The van der Waals surface area contributed by atoms with Crippen molar-refractivity contribution in [3.8, 4) is 5.75 Å². The van der Waals surface area contributed by atoms with E-state index in [2.05, 4.69) is 13.8 Å². The number of carbonyl (C=O) groups is 1. The number of hydrogen-bond acceptors (Lipinski definition) is 2. The zero-order chi connectivity index (χ0) is 12.1. The van der Waals surface area contributed by atoms with Gasteiger partial charge in [0.25, 0.3) is 0 Å². The van der Waals surface area contributed by atoms with E-state index in [1.807, 2.05) is 0 Å². The highest BCUT2D eigenvalue weighted by Gasteiger charge is 2.10. The Morgan fingerprint density at radius 2 is 2.06 bits per heavy atom. The largest absolute Gasteiger partial charge is 0.491 e. The number of carbonyl (C=O) groups excluding carboxylic acids is 1. The van der Waals surface area contributed by atoms with E-state index in [-0.39, 0.29) is 0 Å². The Labute approximate surface area is 106 Å². The van der Waals surface area contributed by atoms with Gasteiger partial charge in [0.05, 0.1) is 17.2 Å². The normalized spacial score (nSPS) is 10.6. The Kier molecular flexibility index (Phi) is 5.10. The van der Waals surface area contributed by atoms with Crippen LogP contribution >= 0.6 is 23.2 Å². The Morgan fingerprint density at radius 1 is 1.38 bits per heavy atom. The zero-order valence-corrected chi connectivity index (χ0v) is 10.8. The van der Waals surface area contributed by atoms with Gasteiger partial charge in [-0.15, -0.1) is 0 Å². The lowest BCUT2D eigenvalue weighted by molar-refractivity contribution is 0.111. The molecule has 1 aromatic carbocycles. The summed E-state index contributed by atoms with van der Waals surface area (Å²) >= 11 is 11.7. The second kappa shape index (κ2) is 6.12. The summed E-state index contributed by atoms with van der Waals surface area (Å²) in [6, 6.07) is 3.12. The average molecular weight is 261 g/mol. The first kappa shape index (κ1) is 13.3. The third-order valence-electron chi connectivity index (χ3n) is 2.11. The predicted molar refractivity (Wildman–Crippen MR) is 66.8 cm³/mol. The molecule has 0 bridgehead atoms. The number of aldehydes is 1. The summed E-state index contributed by atoms with van der Waals surface area (Å²) in [6.45, 7) is 4.75. The van der Waals surface area contributed by atoms with E-state index < -0.39 is 0 Å². The molecule has 0 spiro atoms. The lowest BCUT2D eigenvalue weighted by atomic mass is 10.1. The van der Waals surface area contributed by atoms with Crippen LogP contribution in [0.15, 0.2) is 12.1 Å². The van der Waals surface area contributed by atoms with E-state index in [0.717, 1.165) is 6.42 Å². The average Bonchev–Trinajstić information content (AvgIpc) is 2.20. The molecule has 1 aromatic rings. The first-order chi connectivity index (χ1) is 7.54. The van der Waals surface area contributed by atoms with Crippen LogP contribution in [0.5, 0.6) is 5.75 Å². The van der Waals surface area contributed by atoms with Crippen molar-refractivity contribution < 1.29 is 9.53 Å². The molecule has 0 aromatic heterocycles. The van der Waals surface area contributed by atoms with E-state index in [0.29, 0.717) is 40.2 Å². The highest BCUT2D eigenvalue weighted by molar-refractivity contribution is 6.36. The number of halogens is 2. The van der Waals surface area contributed by atoms with Gasteiger partial charge >= 0.3 is 0 Å². The SMILES string of the molecule is CC(C)CCOc1c(Cl)cc(Cl)cc1C=O. The van der Waals surface area contributed by atoms with Gasteiger partial charge in [0, 0.05) is 5.02 Å². The summed E-state index contributed by atoms with van der Waals surface area (Å²) < 4.78 is 5.50. The van der Waals surface area contributed by atoms with E-state index in [9.17, 15) is 4.79 Å². The van der Waals surface area contributed by atoms with Crippen LogP contribution in [0.3, 0.4) is 0 Å². The molecule has 0 saturated carbocycles. The van der Waals surface area contributed by atoms with Crippen molar-refractivity contribution in [2.75, 3.05) is 6.61 Å². The maximum absolute atomic E-state index is 10.8. The second-order valence-electron chi connectivity index (χ2n) is 3.95. The zero-order valence-electron chi connectivity index (χ0n) is 9.30. The van der Waals surface area contributed by atoms with Gasteiger partial charge in [-0.05, 0) is 24.5 Å². The summed E-state index contributed by atoms with van der Waals surface area (Å²) in [5, 5.41) is 0.807. The Morgan fingerprint density at radius 3 is 2.62 bits per heavy atom. The molecule has 2 nitrogen and oxygen atoms in total. The predicted octanol–water partition coefficient (Wildman–Crippen LogP) is 4.23. The topological polar surface area (TPSA) is 26.3 Å². The summed E-state index contributed by atoms with van der Waals surface area (Å²) in [5.74, 6) is 0.965. The van der Waals surface area contributed by atoms with Crippen molar-refractivity contribution in [3.05, 3.63) is 27.7 Å². The Hall–Kier alpha value is -0.730. The van der Waals surface area contributed by atoms with Crippen molar-refractivity contribution in [1.29, 1.82) is 0 Å². The molecule has 0 atom stereocenters. The van der Waals surface area contributed by atoms with Crippen molar-refractivity contribution in [2.45, 2.75) is 20.3 Å². The van der Waals surface area contributed by atoms with Crippen LogP contribution in [-0.4, -0.2) is 12.9 Å². The maximum Gasteiger partial charge on any atom is 0.153 e. The third-order valence-corrected chi connectivity index (χ3v) is 2.60. The fourth-order valence-electron chi connectivity index (χ4n) is 1.22. The molecule has 0 aliphatic rings. The molecule has 16 heavy (non-hydrogen) atoms. The number of rotatable bonds is 5. The minimum Gasteiger partial charge on any atom is -0.491 e. The smallest absolute Gasteiger partial charge is 0.153 e. The van der Waals surface area contributed by atoms with Crippen LogP contribution < -0.4 is 4.74 Å². The molecule has 0 aliphatic carbocycles. The monoisotopic (exact) mass is 260 g/mol. The quantitative estimate of drug-likeness (QED) is 0.741. The minimum absolute atomic E-state index is 0.373. The molecule has 0 saturated heterocycles. The number of ether oxygens (including phenoxy) is 1. The molecule has 0 heterocycles. The summed E-state index contributed by atoms with van der Waals surface area (Å²) in [6.07, 6.45) is 1.61. The molecule has 0 radical (unpaired) electrons. The van der Waals surface area contributed by atoms with Crippen LogP contribution in [0.1, 0.15) is 30.6 Å². The van der Waals surface area contributed by atoms with Gasteiger partial charge in [0.2, 0.25) is 0 Å². The fraction of sp³-hybridized carbons (Fsp3) is 0.417. The molecule has 0 amide bonds. The van der Waals surface area contributed by atoms with Gasteiger partial charge < -0.3 is 4.74 Å². The summed E-state index contributed by atoms with van der Waals surface area (Å²) in [7, 11) is 0. The van der Waals surface area contributed by atoms with E-state index in [4.69, 9.17) is 27.9 Å². The molecule has 88 valence electrons. The van der Waals surface area contributed by atoms with Crippen molar-refractivity contribution in [2.24, 2.45) is 5.92 Å². The molecule has 0 aliphatic heterocycles. The van der Waals surface area contributed by atoms with Gasteiger partial charge in [-0.3, -0.25) is 4.79 Å². The maximum atomic E-state index is 10.8. The molecule has 0 fully saturated rings. The molecule has 0 unspecified atom stereocenters. The second-order valence-corrected chi connectivity index (χ2v) is 4.80. The van der Waals surface area contributed by atoms with Crippen LogP contribution in [0.25, 0.3) is 0 Å². The van der Waals surface area contributed by atoms with Gasteiger partial charge in [0.1, 0.15) is 5.75 Å². The fourth-order valence-corrected chi connectivity index (χ4v) is 1.78. The van der Waals surface area contributed by atoms with E-state index >= 15 is 0 Å². The lowest BCUT2D eigenvalue weighted by Gasteiger charge is -2.11. The van der Waals surface area contributed by atoms with Gasteiger partial charge in [-0.2, -0.15) is 0 Å². The van der Waals surface area contributed by atoms with E-state index in [1.165, 1.54) is 0 Å². The third kappa shape index (κ3) is 3.69. The van der Waals surface area contributed by atoms with Gasteiger partial charge in [0.15, 0.2) is 6.29 Å². The highest BCUT2D eigenvalue weighted by atomic mass is 35.5. The first-order valence-corrected chi connectivity index (χ1v) is 5.87. The highest BCUT2D eigenvalue weighted by Crippen LogP contribution is 2.31. The van der Waals surface area contributed by atoms with Crippen molar-refractivity contribution >= 4 is 29.5 Å². The van der Waals surface area contributed by atoms with Crippen LogP contribution in [0, 0.1) is 5.92 Å². The molecular weight excluding hydrogens is 247 g/mol. The lowest BCUT2D eigenvalue weighted by Crippen LogP contribution is -2.03. The van der Waals surface area contributed by atoms with Gasteiger partial charge in [-0.1, -0.05) is 37.0 Å². The van der Waals surface area contributed by atoms with Crippen LogP contribution in [0.4, 0.5) is 0 Å². The van der Waals surface area contributed by atoms with E-state index in [1.54, 1.807) is 12.1 Å². The Balaban J connectivity index is 2.81. The molecular formula is C12H14Cl2O2. The van der Waals surface area contributed by atoms with Crippen LogP contribution in [0.2, 0.25) is 10.0 Å². The van der Waals surface area contributed by atoms with Crippen molar-refractivity contribution in [1.82, 2.24) is 0 Å². The number of benzene rings is 1. The first-order valence-electron chi connectivity index (χ1n) is 5.11. The summed E-state index contributed by atoms with van der Waals surface area (Å²) in [5.41, 5.74) is 0.390. The van der Waals surface area contributed by atoms with Crippen molar-refractivity contribution in [3.63, 3.8) is 0 Å². The standard InChI is InChI=1S/C12H14Cl2O2/c1-8(2)3-4-16-12-9(7-15)5-10(13)6-11(12)14/h5-8H,3-4H2,1-2H3. The molecule has 0 N–H and O–H groups in total. The van der Waals surface area contributed by atoms with Gasteiger partial charge in [-0.25, -0.2) is 0 Å². The Bertz CT molecular complexity index is 376. The number of hydrogen-bond donors (Lipinski definition) is 0. The molecule has 1 rings (SSSR count). The minimum atomic E-state index is 0.373.